The zero-order chi connectivity index (χ0) is 20.5. The van der Waals surface area contributed by atoms with Gasteiger partial charge < -0.3 is 9.73 Å². The molecular weight excluding hydrogens is 400 g/mol. The van der Waals surface area contributed by atoms with Crippen LogP contribution in [0.2, 0.25) is 5.02 Å². The van der Waals surface area contributed by atoms with E-state index in [0.717, 1.165) is 59.7 Å². The van der Waals surface area contributed by atoms with E-state index in [1.165, 1.54) is 5.56 Å². The molecule has 0 unspecified atom stereocenters. The van der Waals surface area contributed by atoms with Crippen molar-refractivity contribution in [1.82, 2.24) is 19.9 Å². The van der Waals surface area contributed by atoms with Gasteiger partial charge in [0, 0.05) is 53.8 Å². The Labute approximate surface area is 178 Å². The smallest absolute Gasteiger partial charge is 0.352 e. The molecule has 0 fully saturated rings. The van der Waals surface area contributed by atoms with E-state index in [1.807, 2.05) is 36.4 Å². The number of furan rings is 1. The van der Waals surface area contributed by atoms with Crippen LogP contribution in [0.5, 0.6) is 0 Å². The average Bonchev–Trinajstić information content (AvgIpc) is 2.93. The zero-order valence-corrected chi connectivity index (χ0v) is 17.2. The second-order valence-corrected chi connectivity index (χ2v) is 7.94. The van der Waals surface area contributed by atoms with Crippen LogP contribution in [0.3, 0.4) is 0 Å². The Morgan fingerprint density at radius 1 is 1.13 bits per heavy atom. The molecule has 0 radical (unpaired) electrons. The lowest BCUT2D eigenvalue weighted by Gasteiger charge is -2.07. The molecule has 1 aromatic carbocycles. The lowest BCUT2D eigenvalue weighted by molar-refractivity contribution is 0.541. The van der Waals surface area contributed by atoms with Crippen LogP contribution in [-0.4, -0.2) is 21.1 Å². The first-order valence-electron chi connectivity index (χ1n) is 10.1. The van der Waals surface area contributed by atoms with E-state index in [0.29, 0.717) is 17.9 Å². The maximum absolute atomic E-state index is 12.7. The monoisotopic (exact) mass is 420 g/mol. The highest BCUT2D eigenvalue weighted by Gasteiger charge is 2.17. The SMILES string of the molecule is O=c1nc(CCc2ccc(Cl)cn2)ccn1-c1ccc2c3c(oc2c1)CCCNC3. The highest BCUT2D eigenvalue weighted by Crippen LogP contribution is 2.29. The summed E-state index contributed by atoms with van der Waals surface area (Å²) in [6.07, 6.45) is 6.74. The third-order valence-electron chi connectivity index (χ3n) is 5.48. The van der Waals surface area contributed by atoms with Gasteiger partial charge in [0.1, 0.15) is 11.3 Å². The molecule has 5 rings (SSSR count). The maximum atomic E-state index is 12.7. The van der Waals surface area contributed by atoms with Crippen LogP contribution in [0, 0.1) is 0 Å². The van der Waals surface area contributed by atoms with Gasteiger partial charge in [0.25, 0.3) is 0 Å². The normalized spacial score (nSPS) is 13.9. The molecule has 152 valence electrons. The van der Waals surface area contributed by atoms with E-state index in [9.17, 15) is 4.79 Å². The maximum Gasteiger partial charge on any atom is 0.352 e. The van der Waals surface area contributed by atoms with E-state index in [2.05, 4.69) is 15.3 Å². The summed E-state index contributed by atoms with van der Waals surface area (Å²) < 4.78 is 7.65. The molecule has 0 aliphatic carbocycles. The number of hydrogen-bond donors (Lipinski definition) is 1. The van der Waals surface area contributed by atoms with Gasteiger partial charge in [0.2, 0.25) is 0 Å². The molecule has 4 heterocycles. The first-order chi connectivity index (χ1) is 14.7. The standard InChI is InChI=1S/C23H21ClN4O2/c24-15-3-4-16(26-13-15)5-6-17-9-11-28(23(29)27-17)18-7-8-19-20-14-25-10-1-2-21(20)30-22(19)12-18/h3-4,7-9,11-13,25H,1-2,5-6,10,14H2. The van der Waals surface area contributed by atoms with Gasteiger partial charge >= 0.3 is 5.69 Å². The van der Waals surface area contributed by atoms with Crippen molar-refractivity contribution in [3.63, 3.8) is 0 Å². The number of nitrogens with zero attached hydrogens (tertiary/aromatic N) is 3. The van der Waals surface area contributed by atoms with Crippen LogP contribution in [0.1, 0.15) is 29.1 Å². The first kappa shape index (κ1) is 19.0. The van der Waals surface area contributed by atoms with Crippen molar-refractivity contribution in [2.75, 3.05) is 6.54 Å². The molecular formula is C23H21ClN4O2. The van der Waals surface area contributed by atoms with Crippen molar-refractivity contribution in [1.29, 1.82) is 0 Å². The van der Waals surface area contributed by atoms with Gasteiger partial charge in [-0.2, -0.15) is 4.98 Å². The van der Waals surface area contributed by atoms with Crippen LogP contribution < -0.4 is 11.0 Å². The molecule has 0 saturated carbocycles. The zero-order valence-electron chi connectivity index (χ0n) is 16.4. The fourth-order valence-electron chi connectivity index (χ4n) is 3.91. The minimum absolute atomic E-state index is 0.300. The van der Waals surface area contributed by atoms with Gasteiger partial charge in [0.05, 0.1) is 10.7 Å². The quantitative estimate of drug-likeness (QED) is 0.543. The average molecular weight is 421 g/mol. The van der Waals surface area contributed by atoms with Crippen LogP contribution >= 0.6 is 11.6 Å². The Morgan fingerprint density at radius 3 is 2.87 bits per heavy atom. The Balaban J connectivity index is 1.39. The van der Waals surface area contributed by atoms with E-state index in [1.54, 1.807) is 17.0 Å². The summed E-state index contributed by atoms with van der Waals surface area (Å²) in [5.74, 6) is 1.05. The fraction of sp³-hybridized carbons (Fsp3) is 0.261. The fourth-order valence-corrected chi connectivity index (χ4v) is 4.02. The van der Waals surface area contributed by atoms with E-state index < -0.39 is 0 Å². The third-order valence-corrected chi connectivity index (χ3v) is 5.71. The van der Waals surface area contributed by atoms with Crippen molar-refractivity contribution >= 4 is 22.6 Å². The molecule has 4 aromatic rings. The number of rotatable bonds is 4. The molecule has 1 aliphatic rings. The van der Waals surface area contributed by atoms with Gasteiger partial charge in [-0.15, -0.1) is 0 Å². The van der Waals surface area contributed by atoms with Gasteiger partial charge in [0.15, 0.2) is 0 Å². The summed E-state index contributed by atoms with van der Waals surface area (Å²) in [7, 11) is 0. The molecule has 1 N–H and O–H groups in total. The van der Waals surface area contributed by atoms with Crippen molar-refractivity contribution in [3.8, 4) is 5.69 Å². The number of fused-ring (bicyclic) bond motifs is 3. The van der Waals surface area contributed by atoms with Gasteiger partial charge in [-0.1, -0.05) is 11.6 Å². The summed E-state index contributed by atoms with van der Waals surface area (Å²) in [6.45, 7) is 1.83. The molecule has 3 aromatic heterocycles. The minimum Gasteiger partial charge on any atom is -0.461 e. The number of pyridine rings is 1. The molecule has 0 amide bonds. The van der Waals surface area contributed by atoms with Crippen LogP contribution in [0.15, 0.2) is 58.0 Å². The molecule has 0 spiro atoms. The Kier molecular flexibility index (Phi) is 5.11. The lowest BCUT2D eigenvalue weighted by atomic mass is 10.1. The van der Waals surface area contributed by atoms with Crippen LogP contribution in [0.25, 0.3) is 16.7 Å². The topological polar surface area (TPSA) is 73.0 Å². The van der Waals surface area contributed by atoms with Gasteiger partial charge in [-0.3, -0.25) is 9.55 Å². The number of benzene rings is 1. The van der Waals surface area contributed by atoms with E-state index in [4.69, 9.17) is 16.0 Å². The summed E-state index contributed by atoms with van der Waals surface area (Å²) in [5, 5.41) is 5.15. The number of aromatic nitrogens is 3. The number of hydrogen-bond acceptors (Lipinski definition) is 5. The van der Waals surface area contributed by atoms with Crippen molar-refractivity contribution in [3.05, 3.63) is 87.0 Å². The molecule has 1 aliphatic heterocycles. The van der Waals surface area contributed by atoms with Crippen molar-refractivity contribution < 1.29 is 4.42 Å². The number of aryl methyl sites for hydroxylation is 3. The summed E-state index contributed by atoms with van der Waals surface area (Å²) in [5.41, 5.74) is 4.15. The number of halogens is 1. The molecule has 7 heteroatoms. The molecule has 0 bridgehead atoms. The minimum atomic E-state index is -0.300. The molecule has 6 nitrogen and oxygen atoms in total. The second-order valence-electron chi connectivity index (χ2n) is 7.50. The Hall–Kier alpha value is -2.96. The predicted octanol–water partition coefficient (Wildman–Crippen LogP) is 3.85. The largest absolute Gasteiger partial charge is 0.461 e. The van der Waals surface area contributed by atoms with Crippen molar-refractivity contribution in [2.24, 2.45) is 0 Å². The first-order valence-corrected chi connectivity index (χ1v) is 10.5. The van der Waals surface area contributed by atoms with Crippen molar-refractivity contribution in [2.45, 2.75) is 32.2 Å². The van der Waals surface area contributed by atoms with E-state index in [-0.39, 0.29) is 5.69 Å². The van der Waals surface area contributed by atoms with Crippen LogP contribution in [0.4, 0.5) is 0 Å². The number of nitrogens with one attached hydrogen (secondary N) is 1. The predicted molar refractivity (Wildman–Crippen MR) is 116 cm³/mol. The molecule has 30 heavy (non-hydrogen) atoms. The Bertz CT molecular complexity index is 1260. The lowest BCUT2D eigenvalue weighted by Crippen LogP contribution is -2.22. The Morgan fingerprint density at radius 2 is 2.03 bits per heavy atom. The molecule has 0 atom stereocenters. The van der Waals surface area contributed by atoms with E-state index >= 15 is 0 Å². The molecule has 0 saturated heterocycles. The summed E-state index contributed by atoms with van der Waals surface area (Å²) in [6, 6.07) is 11.5. The summed E-state index contributed by atoms with van der Waals surface area (Å²) >= 11 is 5.87. The van der Waals surface area contributed by atoms with Gasteiger partial charge in [-0.05, 0) is 56.1 Å². The summed E-state index contributed by atoms with van der Waals surface area (Å²) in [4.78, 5) is 21.2. The van der Waals surface area contributed by atoms with Gasteiger partial charge in [-0.25, -0.2) is 4.79 Å². The third kappa shape index (κ3) is 3.76. The highest BCUT2D eigenvalue weighted by molar-refractivity contribution is 6.30. The van der Waals surface area contributed by atoms with Crippen LogP contribution in [-0.2, 0) is 25.8 Å². The highest BCUT2D eigenvalue weighted by atomic mass is 35.5. The second kappa shape index (κ2) is 8.05.